The fraction of sp³-hybridized carbons (Fsp3) is 0.364. The number of carbonyl (C=O) groups is 1. The summed E-state index contributed by atoms with van der Waals surface area (Å²) >= 11 is 0. The molecule has 0 spiro atoms. The number of rotatable bonds is 4. The molecule has 1 rings (SSSR count). The molecule has 1 unspecified atom stereocenters. The van der Waals surface area contributed by atoms with Gasteiger partial charge in [0.05, 0.1) is 6.61 Å². The van der Waals surface area contributed by atoms with Crippen LogP contribution < -0.4 is 10.5 Å². The summed E-state index contributed by atoms with van der Waals surface area (Å²) in [6.45, 7) is 3.72. The van der Waals surface area contributed by atoms with E-state index in [1.165, 1.54) is 0 Å². The Bertz CT molecular complexity index is 338. The van der Waals surface area contributed by atoms with E-state index in [0.717, 1.165) is 0 Å². The lowest BCUT2D eigenvalue weighted by Crippen LogP contribution is -2.26. The van der Waals surface area contributed by atoms with E-state index in [1.807, 2.05) is 0 Å². The molecule has 4 nitrogen and oxygen atoms in total. The number of ether oxygens (including phenoxy) is 2. The second-order valence-electron chi connectivity index (χ2n) is 2.99. The van der Waals surface area contributed by atoms with Gasteiger partial charge in [-0.15, -0.1) is 0 Å². The van der Waals surface area contributed by atoms with Gasteiger partial charge in [0, 0.05) is 17.8 Å². The number of esters is 1. The van der Waals surface area contributed by atoms with Crippen molar-refractivity contribution in [1.82, 2.24) is 0 Å². The summed E-state index contributed by atoms with van der Waals surface area (Å²) in [7, 11) is 0. The number of hydrogen-bond donors (Lipinski definition) is 1. The van der Waals surface area contributed by atoms with Crippen LogP contribution in [0.5, 0.6) is 5.75 Å². The van der Waals surface area contributed by atoms with Crippen LogP contribution in [0, 0.1) is 6.07 Å². The van der Waals surface area contributed by atoms with Crippen molar-refractivity contribution in [3.8, 4) is 5.75 Å². The molecule has 0 saturated carbocycles. The van der Waals surface area contributed by atoms with Gasteiger partial charge in [0.15, 0.2) is 6.10 Å². The van der Waals surface area contributed by atoms with Crippen LogP contribution in [0.2, 0.25) is 0 Å². The van der Waals surface area contributed by atoms with Crippen molar-refractivity contribution in [3.63, 3.8) is 0 Å². The van der Waals surface area contributed by atoms with Gasteiger partial charge in [-0.1, -0.05) is 0 Å². The van der Waals surface area contributed by atoms with Crippen LogP contribution in [-0.4, -0.2) is 18.7 Å². The smallest absolute Gasteiger partial charge is 0.347 e. The molecule has 0 fully saturated rings. The lowest BCUT2D eigenvalue weighted by Gasteiger charge is -2.13. The van der Waals surface area contributed by atoms with E-state index in [1.54, 1.807) is 32.0 Å². The summed E-state index contributed by atoms with van der Waals surface area (Å²) in [5.41, 5.74) is 5.99. The molecule has 81 valence electrons. The summed E-state index contributed by atoms with van der Waals surface area (Å²) in [6.07, 6.45) is -0.633. The molecule has 0 aliphatic carbocycles. The minimum atomic E-state index is -0.633. The Morgan fingerprint density at radius 3 is 3.00 bits per heavy atom. The maximum Gasteiger partial charge on any atom is 0.347 e. The van der Waals surface area contributed by atoms with Crippen molar-refractivity contribution in [3.05, 3.63) is 24.3 Å². The van der Waals surface area contributed by atoms with Gasteiger partial charge < -0.3 is 15.2 Å². The van der Waals surface area contributed by atoms with Gasteiger partial charge in [-0.3, -0.25) is 0 Å². The maximum atomic E-state index is 11.2. The highest BCUT2D eigenvalue weighted by molar-refractivity contribution is 5.74. The summed E-state index contributed by atoms with van der Waals surface area (Å²) in [4.78, 5) is 11.2. The Morgan fingerprint density at radius 2 is 2.40 bits per heavy atom. The number of hydrogen-bond acceptors (Lipinski definition) is 4. The summed E-state index contributed by atoms with van der Waals surface area (Å²) in [5, 5.41) is 0. The van der Waals surface area contributed by atoms with Crippen LogP contribution >= 0.6 is 0 Å². The van der Waals surface area contributed by atoms with Crippen molar-refractivity contribution < 1.29 is 14.3 Å². The van der Waals surface area contributed by atoms with E-state index >= 15 is 0 Å². The third-order valence-electron chi connectivity index (χ3n) is 1.73. The van der Waals surface area contributed by atoms with Crippen molar-refractivity contribution in [2.75, 3.05) is 12.3 Å². The van der Waals surface area contributed by atoms with Crippen LogP contribution in [0.3, 0.4) is 0 Å². The zero-order valence-corrected chi connectivity index (χ0v) is 8.82. The molecule has 0 aromatic heterocycles. The Balaban J connectivity index is 2.58. The molecular weight excluding hydrogens is 194 g/mol. The minimum absolute atomic E-state index is 0.344. The van der Waals surface area contributed by atoms with Crippen molar-refractivity contribution in [1.29, 1.82) is 0 Å². The van der Waals surface area contributed by atoms with E-state index in [4.69, 9.17) is 15.2 Å². The van der Waals surface area contributed by atoms with Crippen LogP contribution in [-0.2, 0) is 9.53 Å². The van der Waals surface area contributed by atoms with E-state index in [-0.39, 0.29) is 5.97 Å². The van der Waals surface area contributed by atoms with Crippen LogP contribution in [0.25, 0.3) is 0 Å². The molecule has 4 heteroatoms. The lowest BCUT2D eigenvalue weighted by molar-refractivity contribution is -0.150. The predicted molar refractivity (Wildman–Crippen MR) is 56.4 cm³/mol. The van der Waals surface area contributed by atoms with Gasteiger partial charge in [-0.2, -0.15) is 0 Å². The molecule has 1 aromatic rings. The molecule has 1 radical (unpaired) electrons. The predicted octanol–water partition coefficient (Wildman–Crippen LogP) is 1.40. The molecular formula is C11H14NO3. The average molecular weight is 208 g/mol. The van der Waals surface area contributed by atoms with Crippen molar-refractivity contribution in [2.24, 2.45) is 0 Å². The summed E-state index contributed by atoms with van der Waals surface area (Å²) < 4.78 is 10.1. The zero-order valence-electron chi connectivity index (χ0n) is 8.82. The fourth-order valence-corrected chi connectivity index (χ4v) is 1.05. The first-order chi connectivity index (χ1) is 7.13. The molecule has 2 N–H and O–H groups in total. The summed E-state index contributed by atoms with van der Waals surface area (Å²) in [5.74, 6) is 0.149. The van der Waals surface area contributed by atoms with Crippen LogP contribution in [0.4, 0.5) is 5.69 Å². The van der Waals surface area contributed by atoms with Crippen molar-refractivity contribution in [2.45, 2.75) is 20.0 Å². The van der Waals surface area contributed by atoms with Gasteiger partial charge >= 0.3 is 5.97 Å². The zero-order chi connectivity index (χ0) is 11.3. The number of anilines is 1. The largest absolute Gasteiger partial charge is 0.479 e. The number of carbonyl (C=O) groups excluding carboxylic acids is 1. The molecule has 0 aliphatic heterocycles. The van der Waals surface area contributed by atoms with E-state index in [0.29, 0.717) is 18.0 Å². The first-order valence-electron chi connectivity index (χ1n) is 4.74. The van der Waals surface area contributed by atoms with Crippen LogP contribution in [0.1, 0.15) is 13.8 Å². The third-order valence-corrected chi connectivity index (χ3v) is 1.73. The standard InChI is InChI=1S/C11H14NO3/c1-3-14-11(13)8(2)15-10-6-4-5-9(12)7-10/h4,6-8H,3,12H2,1-2H3. The van der Waals surface area contributed by atoms with Gasteiger partial charge in [0.2, 0.25) is 0 Å². The third kappa shape index (κ3) is 3.50. The molecule has 15 heavy (non-hydrogen) atoms. The highest BCUT2D eigenvalue weighted by Crippen LogP contribution is 2.15. The molecule has 0 bridgehead atoms. The van der Waals surface area contributed by atoms with Gasteiger partial charge in [-0.25, -0.2) is 4.79 Å². The van der Waals surface area contributed by atoms with Gasteiger partial charge in [0.25, 0.3) is 0 Å². The average Bonchev–Trinajstić information content (AvgIpc) is 2.18. The lowest BCUT2D eigenvalue weighted by atomic mass is 10.3. The second kappa shape index (κ2) is 5.24. The van der Waals surface area contributed by atoms with E-state index in [9.17, 15) is 4.79 Å². The van der Waals surface area contributed by atoms with Gasteiger partial charge in [0.1, 0.15) is 5.75 Å². The van der Waals surface area contributed by atoms with Gasteiger partial charge in [-0.05, 0) is 26.0 Å². The topological polar surface area (TPSA) is 61.5 Å². The highest BCUT2D eigenvalue weighted by Gasteiger charge is 2.15. The normalized spacial score (nSPS) is 11.9. The molecule has 0 heterocycles. The SMILES string of the molecule is CCOC(=O)C(C)Oc1cc[c]c(N)c1. The number of nitrogens with two attached hydrogens (primary N) is 1. The number of nitrogen functional groups attached to an aromatic ring is 1. The summed E-state index contributed by atoms with van der Waals surface area (Å²) in [6, 6.07) is 7.72. The quantitative estimate of drug-likeness (QED) is 0.600. The van der Waals surface area contributed by atoms with E-state index in [2.05, 4.69) is 6.07 Å². The first-order valence-corrected chi connectivity index (χ1v) is 4.74. The Kier molecular flexibility index (Phi) is 3.97. The van der Waals surface area contributed by atoms with E-state index < -0.39 is 6.10 Å². The molecule has 0 amide bonds. The first kappa shape index (κ1) is 11.4. The minimum Gasteiger partial charge on any atom is -0.479 e. The Morgan fingerprint density at radius 1 is 1.67 bits per heavy atom. The number of benzene rings is 1. The fourth-order valence-electron chi connectivity index (χ4n) is 1.05. The molecule has 0 aliphatic rings. The molecule has 0 saturated heterocycles. The molecule has 1 atom stereocenters. The van der Waals surface area contributed by atoms with Crippen molar-refractivity contribution >= 4 is 11.7 Å². The Hall–Kier alpha value is -1.71. The molecule has 1 aromatic carbocycles. The second-order valence-corrected chi connectivity index (χ2v) is 2.99. The van der Waals surface area contributed by atoms with Crippen LogP contribution in [0.15, 0.2) is 18.2 Å². The monoisotopic (exact) mass is 208 g/mol. The maximum absolute atomic E-state index is 11.2. The Labute approximate surface area is 89.0 Å². The highest BCUT2D eigenvalue weighted by atomic mass is 16.6.